The molecule has 0 radical (unpaired) electrons. The Morgan fingerprint density at radius 2 is 1.82 bits per heavy atom. The molecule has 1 N–H and O–H groups in total. The molecule has 0 bridgehead atoms. The molecule has 2 aliphatic rings. The molecule has 2 nitrogen and oxygen atoms in total. The number of fused-ring (bicyclic) bond motifs is 1. The first kappa shape index (κ1) is 17.5. The van der Waals surface area contributed by atoms with Gasteiger partial charge in [-0.25, -0.2) is 0 Å². The van der Waals surface area contributed by atoms with Crippen LogP contribution in [-0.4, -0.2) is 37.1 Å². The van der Waals surface area contributed by atoms with Crippen LogP contribution in [0.15, 0.2) is 0 Å². The summed E-state index contributed by atoms with van der Waals surface area (Å²) in [7, 11) is 0. The lowest BCUT2D eigenvalue weighted by molar-refractivity contribution is 0.0596. The van der Waals surface area contributed by atoms with E-state index in [-0.39, 0.29) is 24.8 Å². The molecular weight excluding hydrogens is 255 g/mol. The lowest BCUT2D eigenvalue weighted by Gasteiger charge is -2.44. The average molecular weight is 283 g/mol. The van der Waals surface area contributed by atoms with Crippen molar-refractivity contribution in [1.29, 1.82) is 0 Å². The lowest BCUT2D eigenvalue weighted by atomic mass is 9.83. The predicted octanol–water partition coefficient (Wildman–Crippen LogP) is 3.09. The van der Waals surface area contributed by atoms with E-state index in [2.05, 4.69) is 17.1 Å². The minimum atomic E-state index is 0. The molecule has 0 spiro atoms. The molecule has 2 unspecified atom stereocenters. The highest BCUT2D eigenvalue weighted by molar-refractivity contribution is 5.85. The number of rotatable bonds is 4. The molecule has 17 heavy (non-hydrogen) atoms. The van der Waals surface area contributed by atoms with Gasteiger partial charge in [-0.05, 0) is 64.2 Å². The largest absolute Gasteiger partial charge is 0.316 e. The summed E-state index contributed by atoms with van der Waals surface area (Å²) in [6.45, 7) is 7.45. The average Bonchev–Trinajstić information content (AvgIpc) is 2.30. The summed E-state index contributed by atoms with van der Waals surface area (Å²) in [4.78, 5) is 2.76. The van der Waals surface area contributed by atoms with E-state index in [9.17, 15) is 0 Å². The highest BCUT2D eigenvalue weighted by Crippen LogP contribution is 2.30. The van der Waals surface area contributed by atoms with Crippen molar-refractivity contribution in [3.05, 3.63) is 0 Å². The molecule has 0 aliphatic carbocycles. The molecule has 2 fully saturated rings. The molecule has 0 aromatic heterocycles. The van der Waals surface area contributed by atoms with Gasteiger partial charge in [0.1, 0.15) is 0 Å². The van der Waals surface area contributed by atoms with Crippen molar-refractivity contribution >= 4 is 24.8 Å². The monoisotopic (exact) mass is 282 g/mol. The first-order valence-corrected chi connectivity index (χ1v) is 6.86. The number of nitrogens with zero attached hydrogens (tertiary/aromatic N) is 1. The fourth-order valence-electron chi connectivity index (χ4n) is 3.28. The molecule has 2 rings (SSSR count). The van der Waals surface area contributed by atoms with Gasteiger partial charge in [0.25, 0.3) is 0 Å². The van der Waals surface area contributed by atoms with Gasteiger partial charge >= 0.3 is 0 Å². The van der Waals surface area contributed by atoms with Crippen molar-refractivity contribution in [2.45, 2.75) is 51.5 Å². The summed E-state index contributed by atoms with van der Waals surface area (Å²) in [5.74, 6) is 0.936. The lowest BCUT2D eigenvalue weighted by Crippen LogP contribution is -2.50. The summed E-state index contributed by atoms with van der Waals surface area (Å²) < 4.78 is 0. The Morgan fingerprint density at radius 3 is 2.59 bits per heavy atom. The Bertz CT molecular complexity index is 188. The van der Waals surface area contributed by atoms with E-state index in [1.54, 1.807) is 0 Å². The van der Waals surface area contributed by atoms with E-state index < -0.39 is 0 Å². The fraction of sp³-hybridized carbons (Fsp3) is 1.00. The summed E-state index contributed by atoms with van der Waals surface area (Å²) >= 11 is 0. The molecule has 2 atom stereocenters. The molecule has 0 amide bonds. The zero-order valence-electron chi connectivity index (χ0n) is 11.0. The van der Waals surface area contributed by atoms with Crippen LogP contribution in [0.4, 0.5) is 0 Å². The molecular formula is C13H28Cl2N2. The van der Waals surface area contributed by atoms with Crippen LogP contribution in [0.1, 0.15) is 45.4 Å². The van der Waals surface area contributed by atoms with Crippen molar-refractivity contribution < 1.29 is 0 Å². The van der Waals surface area contributed by atoms with Crippen molar-refractivity contribution in [3.8, 4) is 0 Å². The highest BCUT2D eigenvalue weighted by Gasteiger charge is 2.32. The minimum Gasteiger partial charge on any atom is -0.316 e. The molecule has 2 heterocycles. The van der Waals surface area contributed by atoms with E-state index in [1.165, 1.54) is 64.7 Å². The maximum Gasteiger partial charge on any atom is 0.0136 e. The van der Waals surface area contributed by atoms with E-state index in [4.69, 9.17) is 0 Å². The van der Waals surface area contributed by atoms with Crippen LogP contribution < -0.4 is 5.32 Å². The van der Waals surface area contributed by atoms with Gasteiger partial charge in [0.05, 0.1) is 0 Å². The van der Waals surface area contributed by atoms with Crippen molar-refractivity contribution in [2.24, 2.45) is 5.92 Å². The van der Waals surface area contributed by atoms with Gasteiger partial charge in [0, 0.05) is 6.04 Å². The second-order valence-corrected chi connectivity index (χ2v) is 5.21. The SMILES string of the molecule is CCCNCC1CCCN2CCCCC12.Cl.Cl. The summed E-state index contributed by atoms with van der Waals surface area (Å²) in [6.07, 6.45) is 8.50. The van der Waals surface area contributed by atoms with Gasteiger partial charge < -0.3 is 10.2 Å². The van der Waals surface area contributed by atoms with Gasteiger partial charge in [0.15, 0.2) is 0 Å². The van der Waals surface area contributed by atoms with Crippen LogP contribution in [-0.2, 0) is 0 Å². The number of nitrogens with one attached hydrogen (secondary N) is 1. The van der Waals surface area contributed by atoms with E-state index in [1.807, 2.05) is 0 Å². The topological polar surface area (TPSA) is 15.3 Å². The number of hydrogen-bond donors (Lipinski definition) is 1. The van der Waals surface area contributed by atoms with Crippen LogP contribution >= 0.6 is 24.8 Å². The molecule has 0 aromatic carbocycles. The Balaban J connectivity index is 0.00000128. The summed E-state index contributed by atoms with van der Waals surface area (Å²) in [5, 5.41) is 3.61. The fourth-order valence-corrected chi connectivity index (χ4v) is 3.28. The second kappa shape index (κ2) is 9.43. The van der Waals surface area contributed by atoms with Gasteiger partial charge in [-0.1, -0.05) is 13.3 Å². The van der Waals surface area contributed by atoms with E-state index in [0.717, 1.165) is 12.0 Å². The van der Waals surface area contributed by atoms with E-state index in [0.29, 0.717) is 0 Å². The zero-order chi connectivity index (χ0) is 10.5. The maximum atomic E-state index is 3.61. The molecule has 4 heteroatoms. The third kappa shape index (κ3) is 4.94. The van der Waals surface area contributed by atoms with Gasteiger partial charge in [-0.15, -0.1) is 24.8 Å². The zero-order valence-corrected chi connectivity index (χ0v) is 12.6. The van der Waals surface area contributed by atoms with Gasteiger partial charge in [-0.3, -0.25) is 0 Å². The van der Waals surface area contributed by atoms with Gasteiger partial charge in [0.2, 0.25) is 0 Å². The van der Waals surface area contributed by atoms with Crippen LogP contribution in [0, 0.1) is 5.92 Å². The predicted molar refractivity (Wildman–Crippen MR) is 79.6 cm³/mol. The molecule has 0 saturated carbocycles. The number of piperidine rings is 2. The van der Waals surface area contributed by atoms with Crippen LogP contribution in [0.3, 0.4) is 0 Å². The summed E-state index contributed by atoms with van der Waals surface area (Å²) in [6, 6.07) is 0.914. The molecule has 2 aliphatic heterocycles. The third-order valence-corrected chi connectivity index (χ3v) is 4.06. The van der Waals surface area contributed by atoms with Crippen molar-refractivity contribution in [1.82, 2.24) is 10.2 Å². The minimum absolute atomic E-state index is 0. The van der Waals surface area contributed by atoms with Crippen LogP contribution in [0.25, 0.3) is 0 Å². The van der Waals surface area contributed by atoms with Crippen LogP contribution in [0.2, 0.25) is 0 Å². The Morgan fingerprint density at radius 1 is 1.06 bits per heavy atom. The Hall–Kier alpha value is 0.500. The first-order chi connectivity index (χ1) is 7.42. The van der Waals surface area contributed by atoms with Crippen LogP contribution in [0.5, 0.6) is 0 Å². The first-order valence-electron chi connectivity index (χ1n) is 6.86. The third-order valence-electron chi connectivity index (χ3n) is 4.06. The molecule has 0 aromatic rings. The number of halogens is 2. The van der Waals surface area contributed by atoms with E-state index >= 15 is 0 Å². The highest BCUT2D eigenvalue weighted by atomic mass is 35.5. The molecule has 2 saturated heterocycles. The maximum absolute atomic E-state index is 3.61. The molecule has 104 valence electrons. The van der Waals surface area contributed by atoms with Gasteiger partial charge in [-0.2, -0.15) is 0 Å². The standard InChI is InChI=1S/C13H26N2.2ClH/c1-2-8-14-11-12-6-5-10-15-9-4-3-7-13(12)15;;/h12-14H,2-11H2,1H3;2*1H. The second-order valence-electron chi connectivity index (χ2n) is 5.21. The Labute approximate surface area is 119 Å². The van der Waals surface area contributed by atoms with Crippen molar-refractivity contribution in [3.63, 3.8) is 0 Å². The quantitative estimate of drug-likeness (QED) is 0.798. The smallest absolute Gasteiger partial charge is 0.0136 e. The number of hydrogen-bond acceptors (Lipinski definition) is 2. The van der Waals surface area contributed by atoms with Crippen molar-refractivity contribution in [2.75, 3.05) is 26.2 Å². The summed E-state index contributed by atoms with van der Waals surface area (Å²) in [5.41, 5.74) is 0. The Kier molecular flexibility index (Phi) is 9.71. The normalized spacial score (nSPS) is 28.8.